The number of nitrogens with one attached hydrogen (secondary N) is 2. The Morgan fingerprint density at radius 3 is 2.89 bits per heavy atom. The number of pyridine rings is 1. The first kappa shape index (κ1) is 13.9. The summed E-state index contributed by atoms with van der Waals surface area (Å²) in [5.41, 5.74) is 3.38. The summed E-state index contributed by atoms with van der Waals surface area (Å²) in [5.74, 6) is 5.38. The van der Waals surface area contributed by atoms with Crippen LogP contribution in [-0.4, -0.2) is 19.9 Å². The molecule has 0 aliphatic rings. The van der Waals surface area contributed by atoms with E-state index in [1.165, 1.54) is 12.3 Å². The summed E-state index contributed by atoms with van der Waals surface area (Å²) in [5, 5.41) is 3.95. The van der Waals surface area contributed by atoms with E-state index >= 15 is 0 Å². The van der Waals surface area contributed by atoms with E-state index in [-0.39, 0.29) is 10.7 Å². The van der Waals surface area contributed by atoms with Crippen LogP contribution in [0.5, 0.6) is 0 Å². The van der Waals surface area contributed by atoms with Crippen molar-refractivity contribution in [3.05, 3.63) is 40.7 Å². The SMILES string of the molecule is NNc1ncccc1S(=O)(=O)NCCc1ccsc1. The highest BCUT2D eigenvalue weighted by Gasteiger charge is 2.18. The minimum Gasteiger partial charge on any atom is -0.307 e. The molecule has 2 aromatic heterocycles. The zero-order chi connectivity index (χ0) is 13.7. The second kappa shape index (κ2) is 6.11. The van der Waals surface area contributed by atoms with Crippen molar-refractivity contribution in [1.82, 2.24) is 9.71 Å². The molecule has 0 atom stereocenters. The predicted molar refractivity (Wildman–Crippen MR) is 75.3 cm³/mol. The zero-order valence-corrected chi connectivity index (χ0v) is 11.7. The molecule has 2 aromatic rings. The van der Waals surface area contributed by atoms with Crippen molar-refractivity contribution < 1.29 is 8.42 Å². The third-order valence-corrected chi connectivity index (χ3v) is 4.71. The molecular weight excluding hydrogens is 284 g/mol. The number of nitrogens with two attached hydrogens (primary N) is 1. The van der Waals surface area contributed by atoms with Crippen LogP contribution in [-0.2, 0) is 16.4 Å². The molecule has 0 aliphatic carbocycles. The van der Waals surface area contributed by atoms with Crippen LogP contribution >= 0.6 is 11.3 Å². The van der Waals surface area contributed by atoms with Crippen LogP contribution in [0.25, 0.3) is 0 Å². The molecule has 6 nitrogen and oxygen atoms in total. The van der Waals surface area contributed by atoms with Crippen LogP contribution < -0.4 is 16.0 Å². The lowest BCUT2D eigenvalue weighted by Gasteiger charge is -2.09. The Morgan fingerprint density at radius 2 is 2.21 bits per heavy atom. The van der Waals surface area contributed by atoms with E-state index in [0.29, 0.717) is 13.0 Å². The van der Waals surface area contributed by atoms with E-state index in [9.17, 15) is 8.42 Å². The summed E-state index contributed by atoms with van der Waals surface area (Å²) in [6.45, 7) is 0.331. The first-order valence-electron chi connectivity index (χ1n) is 5.56. The Bertz CT molecular complexity index is 626. The van der Waals surface area contributed by atoms with Crippen molar-refractivity contribution in [2.75, 3.05) is 12.0 Å². The largest absolute Gasteiger partial charge is 0.307 e. The zero-order valence-electron chi connectivity index (χ0n) is 10.0. The molecular formula is C11H14N4O2S2. The van der Waals surface area contributed by atoms with Gasteiger partial charge in [0.1, 0.15) is 4.90 Å². The molecule has 0 aromatic carbocycles. The molecule has 4 N–H and O–H groups in total. The van der Waals surface area contributed by atoms with Crippen LogP contribution in [0.4, 0.5) is 5.82 Å². The third kappa shape index (κ3) is 3.51. The maximum absolute atomic E-state index is 12.1. The highest BCUT2D eigenvalue weighted by molar-refractivity contribution is 7.89. The maximum Gasteiger partial charge on any atom is 0.244 e. The molecule has 0 bridgehead atoms. The van der Waals surface area contributed by atoms with Crippen molar-refractivity contribution in [1.29, 1.82) is 0 Å². The molecule has 19 heavy (non-hydrogen) atoms. The molecule has 2 rings (SSSR count). The molecule has 0 aliphatic heterocycles. The lowest BCUT2D eigenvalue weighted by atomic mass is 10.2. The summed E-state index contributed by atoms with van der Waals surface area (Å²) in [6.07, 6.45) is 2.12. The number of rotatable bonds is 6. The fraction of sp³-hybridized carbons (Fsp3) is 0.182. The Balaban J connectivity index is 2.05. The molecule has 8 heteroatoms. The molecule has 102 valence electrons. The number of nitrogens with zero attached hydrogens (tertiary/aromatic N) is 1. The van der Waals surface area contributed by atoms with Gasteiger partial charge < -0.3 is 5.43 Å². The lowest BCUT2D eigenvalue weighted by Crippen LogP contribution is -2.27. The van der Waals surface area contributed by atoms with Crippen molar-refractivity contribution in [3.8, 4) is 0 Å². The van der Waals surface area contributed by atoms with Gasteiger partial charge >= 0.3 is 0 Å². The van der Waals surface area contributed by atoms with Crippen LogP contribution in [0, 0.1) is 0 Å². The summed E-state index contributed by atoms with van der Waals surface area (Å²) in [7, 11) is -3.61. The van der Waals surface area contributed by atoms with E-state index in [1.807, 2.05) is 16.8 Å². The van der Waals surface area contributed by atoms with Gasteiger partial charge in [0.15, 0.2) is 5.82 Å². The maximum atomic E-state index is 12.1. The van der Waals surface area contributed by atoms with E-state index < -0.39 is 10.0 Å². The molecule has 0 spiro atoms. The van der Waals surface area contributed by atoms with Crippen LogP contribution in [0.2, 0.25) is 0 Å². The Morgan fingerprint density at radius 1 is 1.37 bits per heavy atom. The molecule has 0 amide bonds. The first-order chi connectivity index (χ1) is 9.13. The summed E-state index contributed by atoms with van der Waals surface area (Å²) < 4.78 is 26.7. The number of thiophene rings is 1. The number of nitrogen functional groups attached to an aromatic ring is 1. The molecule has 0 saturated carbocycles. The normalized spacial score (nSPS) is 11.4. The molecule has 0 radical (unpaired) electrons. The minimum absolute atomic E-state index is 0.0443. The first-order valence-corrected chi connectivity index (χ1v) is 7.98. The number of sulfonamides is 1. The molecule has 2 heterocycles. The predicted octanol–water partition coefficient (Wildman–Crippen LogP) is 0.950. The highest BCUT2D eigenvalue weighted by Crippen LogP contribution is 2.16. The van der Waals surface area contributed by atoms with Gasteiger partial charge in [0.2, 0.25) is 10.0 Å². The minimum atomic E-state index is -3.61. The molecule has 0 saturated heterocycles. The van der Waals surface area contributed by atoms with Crippen LogP contribution in [0.15, 0.2) is 40.1 Å². The van der Waals surface area contributed by atoms with Gasteiger partial charge in [-0.25, -0.2) is 24.0 Å². The van der Waals surface area contributed by atoms with Gasteiger partial charge in [-0.05, 0) is 40.9 Å². The van der Waals surface area contributed by atoms with E-state index in [1.54, 1.807) is 17.4 Å². The molecule has 0 fully saturated rings. The van der Waals surface area contributed by atoms with Gasteiger partial charge in [0.25, 0.3) is 0 Å². The summed E-state index contributed by atoms with van der Waals surface area (Å²) >= 11 is 1.59. The summed E-state index contributed by atoms with van der Waals surface area (Å²) in [6, 6.07) is 4.97. The highest BCUT2D eigenvalue weighted by atomic mass is 32.2. The smallest absolute Gasteiger partial charge is 0.244 e. The topological polar surface area (TPSA) is 97.1 Å². The Labute approximate surface area is 115 Å². The van der Waals surface area contributed by atoms with Gasteiger partial charge in [0, 0.05) is 12.7 Å². The fourth-order valence-electron chi connectivity index (χ4n) is 1.56. The lowest BCUT2D eigenvalue weighted by molar-refractivity contribution is 0.581. The van der Waals surface area contributed by atoms with Gasteiger partial charge in [-0.15, -0.1) is 0 Å². The Kier molecular flexibility index (Phi) is 4.48. The van der Waals surface area contributed by atoms with Crippen LogP contribution in [0.3, 0.4) is 0 Å². The Hall–Kier alpha value is -1.48. The van der Waals surface area contributed by atoms with Crippen molar-refractivity contribution in [2.45, 2.75) is 11.3 Å². The van der Waals surface area contributed by atoms with Crippen molar-refractivity contribution >= 4 is 27.2 Å². The monoisotopic (exact) mass is 298 g/mol. The van der Waals surface area contributed by atoms with Crippen molar-refractivity contribution in [3.63, 3.8) is 0 Å². The third-order valence-electron chi connectivity index (χ3n) is 2.48. The average molecular weight is 298 g/mol. The fourth-order valence-corrected chi connectivity index (χ4v) is 3.41. The standard InChI is InChI=1S/C11H14N4O2S2/c12-15-11-10(2-1-5-13-11)19(16,17)14-6-3-9-4-7-18-8-9/h1-2,4-5,7-8,14H,3,6,12H2,(H,13,15). The summed E-state index contributed by atoms with van der Waals surface area (Å²) in [4.78, 5) is 3.91. The average Bonchev–Trinajstić information content (AvgIpc) is 2.91. The number of hydrogen-bond acceptors (Lipinski definition) is 6. The number of hydrazine groups is 1. The number of anilines is 1. The number of hydrogen-bond donors (Lipinski definition) is 3. The van der Waals surface area contributed by atoms with E-state index in [2.05, 4.69) is 15.1 Å². The number of aromatic nitrogens is 1. The van der Waals surface area contributed by atoms with Gasteiger partial charge in [0.05, 0.1) is 0 Å². The quantitative estimate of drug-likeness (QED) is 0.545. The van der Waals surface area contributed by atoms with E-state index in [0.717, 1.165) is 5.56 Å². The second-order valence-electron chi connectivity index (χ2n) is 3.77. The van der Waals surface area contributed by atoms with Crippen LogP contribution in [0.1, 0.15) is 5.56 Å². The second-order valence-corrected chi connectivity index (χ2v) is 6.29. The van der Waals surface area contributed by atoms with Gasteiger partial charge in [-0.1, -0.05) is 0 Å². The van der Waals surface area contributed by atoms with Gasteiger partial charge in [-0.2, -0.15) is 11.3 Å². The molecule has 0 unspecified atom stereocenters. The van der Waals surface area contributed by atoms with E-state index in [4.69, 9.17) is 5.84 Å². The van der Waals surface area contributed by atoms with Crippen molar-refractivity contribution in [2.24, 2.45) is 5.84 Å². The van der Waals surface area contributed by atoms with Gasteiger partial charge in [-0.3, -0.25) is 0 Å².